The molecule has 2 rings (SSSR count). The smallest absolute Gasteiger partial charge is 0.191 e. The third kappa shape index (κ3) is 7.70. The van der Waals surface area contributed by atoms with Crippen LogP contribution in [0.15, 0.2) is 29.3 Å². The molecule has 0 spiro atoms. The number of hydrogen-bond donors (Lipinski definition) is 2. The zero-order valence-corrected chi connectivity index (χ0v) is 16.3. The van der Waals surface area contributed by atoms with E-state index >= 15 is 0 Å². The van der Waals surface area contributed by atoms with E-state index < -0.39 is 0 Å². The van der Waals surface area contributed by atoms with Gasteiger partial charge in [0.05, 0.1) is 6.54 Å². The number of halogens is 1. The van der Waals surface area contributed by atoms with Gasteiger partial charge in [-0.15, -0.1) is 0 Å². The average Bonchev–Trinajstić information content (AvgIpc) is 2.66. The Kier molecular flexibility index (Phi) is 9.42. The monoisotopic (exact) mass is 363 g/mol. The van der Waals surface area contributed by atoms with E-state index in [4.69, 9.17) is 0 Å². The molecule has 0 aromatic heterocycles. The van der Waals surface area contributed by atoms with Gasteiger partial charge in [0.25, 0.3) is 0 Å². The van der Waals surface area contributed by atoms with E-state index in [-0.39, 0.29) is 5.82 Å². The van der Waals surface area contributed by atoms with Gasteiger partial charge < -0.3 is 20.4 Å². The fourth-order valence-corrected chi connectivity index (χ4v) is 3.14. The number of benzene rings is 1. The van der Waals surface area contributed by atoms with Gasteiger partial charge in [-0.05, 0) is 50.6 Å². The summed E-state index contributed by atoms with van der Waals surface area (Å²) in [6.07, 6.45) is 2.32. The van der Waals surface area contributed by atoms with Gasteiger partial charge >= 0.3 is 0 Å². The molecule has 0 bridgehead atoms. The van der Waals surface area contributed by atoms with Crippen molar-refractivity contribution in [1.82, 2.24) is 20.4 Å². The summed E-state index contributed by atoms with van der Waals surface area (Å²) in [4.78, 5) is 9.62. The molecule has 5 nitrogen and oxygen atoms in total. The van der Waals surface area contributed by atoms with Crippen molar-refractivity contribution >= 4 is 5.96 Å². The summed E-state index contributed by atoms with van der Waals surface area (Å²) in [5.74, 6) is 0.587. The fraction of sp³-hybridized carbons (Fsp3) is 0.650. The second-order valence-electron chi connectivity index (χ2n) is 6.73. The second-order valence-corrected chi connectivity index (χ2v) is 6.73. The van der Waals surface area contributed by atoms with Crippen molar-refractivity contribution in [3.8, 4) is 0 Å². The molecule has 1 heterocycles. The van der Waals surface area contributed by atoms with Crippen molar-refractivity contribution in [1.29, 1.82) is 0 Å². The lowest BCUT2D eigenvalue weighted by Crippen LogP contribution is -2.46. The maximum absolute atomic E-state index is 13.2. The van der Waals surface area contributed by atoms with Crippen molar-refractivity contribution in [3.05, 3.63) is 35.6 Å². The van der Waals surface area contributed by atoms with Gasteiger partial charge in [-0.1, -0.05) is 19.1 Å². The highest BCUT2D eigenvalue weighted by molar-refractivity contribution is 5.79. The first-order valence-corrected chi connectivity index (χ1v) is 9.92. The highest BCUT2D eigenvalue weighted by Crippen LogP contribution is 2.05. The number of likely N-dealkylation sites (N-methyl/N-ethyl adjacent to an activating group) is 1. The lowest BCUT2D eigenvalue weighted by molar-refractivity contribution is 0.136. The van der Waals surface area contributed by atoms with E-state index in [2.05, 4.69) is 39.3 Å². The van der Waals surface area contributed by atoms with Crippen LogP contribution in [0.3, 0.4) is 0 Å². The van der Waals surface area contributed by atoms with Crippen molar-refractivity contribution in [2.45, 2.75) is 33.2 Å². The lowest BCUT2D eigenvalue weighted by Gasteiger charge is -2.34. The summed E-state index contributed by atoms with van der Waals surface area (Å²) in [5, 5.41) is 6.63. The third-order valence-corrected chi connectivity index (χ3v) is 4.76. The molecule has 1 aromatic carbocycles. The molecule has 26 heavy (non-hydrogen) atoms. The van der Waals surface area contributed by atoms with Crippen LogP contribution in [0.25, 0.3) is 0 Å². The highest BCUT2D eigenvalue weighted by atomic mass is 19.1. The molecule has 1 aromatic rings. The van der Waals surface area contributed by atoms with Gasteiger partial charge in [0, 0.05) is 39.3 Å². The molecule has 0 saturated carbocycles. The maximum Gasteiger partial charge on any atom is 0.191 e. The predicted octanol–water partition coefficient (Wildman–Crippen LogP) is 2.30. The zero-order valence-electron chi connectivity index (χ0n) is 16.3. The number of aliphatic imine (C=N–C) groups is 1. The quantitative estimate of drug-likeness (QED) is 0.401. The summed E-state index contributed by atoms with van der Waals surface area (Å²) in [6, 6.07) is 6.61. The van der Waals surface area contributed by atoms with Gasteiger partial charge in [0.1, 0.15) is 5.82 Å². The topological polar surface area (TPSA) is 42.9 Å². The van der Waals surface area contributed by atoms with E-state index in [1.54, 1.807) is 6.07 Å². The minimum atomic E-state index is -0.213. The van der Waals surface area contributed by atoms with Gasteiger partial charge in [-0.2, -0.15) is 0 Å². The van der Waals surface area contributed by atoms with Crippen LogP contribution >= 0.6 is 0 Å². The molecule has 0 radical (unpaired) electrons. The Labute approximate surface area is 157 Å². The predicted molar refractivity (Wildman–Crippen MR) is 107 cm³/mol. The minimum Gasteiger partial charge on any atom is -0.357 e. The van der Waals surface area contributed by atoms with Crippen molar-refractivity contribution in [2.75, 3.05) is 52.4 Å². The van der Waals surface area contributed by atoms with E-state index in [0.29, 0.717) is 6.54 Å². The molecule has 1 fully saturated rings. The van der Waals surface area contributed by atoms with Crippen LogP contribution in [0.1, 0.15) is 32.3 Å². The van der Waals surface area contributed by atoms with Crippen LogP contribution in [-0.2, 0) is 6.54 Å². The van der Waals surface area contributed by atoms with Crippen LogP contribution in [0, 0.1) is 5.82 Å². The van der Waals surface area contributed by atoms with Crippen LogP contribution in [0.5, 0.6) is 0 Å². The Bertz CT molecular complexity index is 541. The molecule has 0 atom stereocenters. The number of nitrogens with one attached hydrogen (secondary N) is 2. The summed E-state index contributed by atoms with van der Waals surface area (Å²) < 4.78 is 13.2. The third-order valence-electron chi connectivity index (χ3n) is 4.76. The van der Waals surface area contributed by atoms with E-state index in [1.165, 1.54) is 57.8 Å². The molecule has 0 unspecified atom stereocenters. The fourth-order valence-electron chi connectivity index (χ4n) is 3.14. The molecule has 6 heteroatoms. The summed E-state index contributed by atoms with van der Waals surface area (Å²) in [5.41, 5.74) is 0.883. The molecule has 0 aliphatic carbocycles. The van der Waals surface area contributed by atoms with E-state index in [1.807, 2.05) is 6.07 Å². The van der Waals surface area contributed by atoms with Gasteiger partial charge in [0.2, 0.25) is 0 Å². The van der Waals surface area contributed by atoms with Gasteiger partial charge in [-0.25, -0.2) is 9.38 Å². The number of guanidine groups is 1. The van der Waals surface area contributed by atoms with Gasteiger partial charge in [0.15, 0.2) is 5.96 Å². The van der Waals surface area contributed by atoms with Crippen LogP contribution in [-0.4, -0.2) is 68.1 Å². The van der Waals surface area contributed by atoms with Crippen LogP contribution in [0.4, 0.5) is 4.39 Å². The number of unbranched alkanes of at least 4 members (excludes halogenated alkanes) is 1. The molecular weight excluding hydrogens is 329 g/mol. The van der Waals surface area contributed by atoms with E-state index in [0.717, 1.165) is 31.0 Å². The number of piperazine rings is 1. The zero-order chi connectivity index (χ0) is 18.6. The first-order valence-electron chi connectivity index (χ1n) is 9.92. The second kappa shape index (κ2) is 11.9. The molecule has 0 amide bonds. The Morgan fingerprint density at radius 1 is 1.08 bits per heavy atom. The molecule has 2 N–H and O–H groups in total. The summed E-state index contributed by atoms with van der Waals surface area (Å²) in [7, 11) is 0. The van der Waals surface area contributed by atoms with Crippen molar-refractivity contribution < 1.29 is 4.39 Å². The minimum absolute atomic E-state index is 0.213. The molecule has 1 saturated heterocycles. The maximum atomic E-state index is 13.2. The Balaban J connectivity index is 1.64. The Morgan fingerprint density at radius 3 is 2.54 bits per heavy atom. The Morgan fingerprint density at radius 2 is 1.85 bits per heavy atom. The van der Waals surface area contributed by atoms with Crippen molar-refractivity contribution in [2.24, 2.45) is 4.99 Å². The summed E-state index contributed by atoms with van der Waals surface area (Å²) in [6.45, 7) is 13.6. The van der Waals surface area contributed by atoms with Crippen LogP contribution < -0.4 is 10.6 Å². The molecular formula is C20H34FN5. The first kappa shape index (κ1) is 20.6. The van der Waals surface area contributed by atoms with E-state index in [9.17, 15) is 4.39 Å². The number of rotatable bonds is 9. The largest absolute Gasteiger partial charge is 0.357 e. The number of hydrogen-bond acceptors (Lipinski definition) is 3. The van der Waals surface area contributed by atoms with Gasteiger partial charge in [-0.3, -0.25) is 0 Å². The van der Waals surface area contributed by atoms with Crippen molar-refractivity contribution in [3.63, 3.8) is 0 Å². The molecule has 146 valence electrons. The average molecular weight is 364 g/mol. The lowest BCUT2D eigenvalue weighted by atomic mass is 10.2. The van der Waals surface area contributed by atoms with Crippen LogP contribution in [0.2, 0.25) is 0 Å². The molecule has 1 aliphatic rings. The first-order chi connectivity index (χ1) is 12.7. The normalized spacial score (nSPS) is 16.7. The molecule has 1 aliphatic heterocycles. The highest BCUT2D eigenvalue weighted by Gasteiger charge is 2.14. The number of nitrogens with zero attached hydrogens (tertiary/aromatic N) is 3. The summed E-state index contributed by atoms with van der Waals surface area (Å²) >= 11 is 0. The Hall–Kier alpha value is -1.66. The standard InChI is InChI=1S/C20H34FN5/c1-3-22-20(24-17-18-8-7-9-19(21)16-18)23-10-5-6-11-26-14-12-25(4-2)13-15-26/h7-9,16H,3-6,10-15,17H2,1-2H3,(H2,22,23,24). The SMILES string of the molecule is CCNC(=NCc1cccc(F)c1)NCCCCN1CCN(CC)CC1.